The number of phenols is 1. The van der Waals surface area contributed by atoms with E-state index in [1.807, 2.05) is 36.4 Å². The number of carbonyl (C=O) groups is 2. The van der Waals surface area contributed by atoms with Gasteiger partial charge in [0.05, 0.1) is 11.6 Å². The first kappa shape index (κ1) is 37.5. The number of nitrogens with zero attached hydrogens (tertiary/aromatic N) is 1. The molecule has 0 fully saturated rings. The van der Waals surface area contributed by atoms with Crippen LogP contribution in [0, 0.1) is 0 Å². The topological polar surface area (TPSA) is 172 Å². The molecular weight excluding hydrogens is 686 g/mol. The lowest BCUT2D eigenvalue weighted by atomic mass is 9.86. The van der Waals surface area contributed by atoms with Crippen LogP contribution in [0.1, 0.15) is 50.7 Å². The molecule has 0 spiro atoms. The zero-order chi connectivity index (χ0) is 38.1. The Kier molecular flexibility index (Phi) is 11.8. The van der Waals surface area contributed by atoms with E-state index in [1.165, 1.54) is 24.3 Å². The van der Waals surface area contributed by atoms with Crippen LogP contribution in [0.5, 0.6) is 11.5 Å². The summed E-state index contributed by atoms with van der Waals surface area (Å²) in [5, 5.41) is 46.2. The Bertz CT molecular complexity index is 2280. The number of hydrogen-bond donors (Lipinski definition) is 6. The SMILES string of the molecule is O=C(c1cccc(COc2cccc(C(O)(C(=O)O)c3ccccc3)c2)c1)N(CCCNCC(O)c1ccc(O)c2[nH]c(=O)ccc12)Cc1ccccc1. The number of aliphatic hydroxyl groups is 2. The van der Waals surface area contributed by atoms with Crippen LogP contribution >= 0.6 is 0 Å². The second kappa shape index (κ2) is 17.0. The number of carboxylic acid groups (broad SMARTS) is 1. The van der Waals surface area contributed by atoms with Gasteiger partial charge in [0.15, 0.2) is 0 Å². The van der Waals surface area contributed by atoms with Crippen molar-refractivity contribution in [1.82, 2.24) is 15.2 Å². The van der Waals surface area contributed by atoms with E-state index < -0.39 is 17.7 Å². The predicted molar refractivity (Wildman–Crippen MR) is 204 cm³/mol. The molecule has 11 heteroatoms. The van der Waals surface area contributed by atoms with Gasteiger partial charge in [-0.05, 0) is 71.6 Å². The van der Waals surface area contributed by atoms with E-state index in [0.717, 1.165) is 11.1 Å². The van der Waals surface area contributed by atoms with Crippen molar-refractivity contribution in [2.75, 3.05) is 19.6 Å². The van der Waals surface area contributed by atoms with Gasteiger partial charge >= 0.3 is 5.97 Å². The number of H-pyrrole nitrogens is 1. The number of nitrogens with one attached hydrogen (secondary N) is 2. The van der Waals surface area contributed by atoms with Crippen molar-refractivity contribution in [3.63, 3.8) is 0 Å². The molecule has 0 aliphatic carbocycles. The van der Waals surface area contributed by atoms with Gasteiger partial charge in [0.2, 0.25) is 11.2 Å². The summed E-state index contributed by atoms with van der Waals surface area (Å²) in [5.74, 6) is -1.29. The standard InChI is InChI=1S/C43H41N3O8/c47-37-20-18-35(36-19-21-39(49)45-40(36)37)38(48)26-44-22-9-23-46(27-29-10-3-1-4-11-29)41(50)31-13-7-12-30(24-31)28-54-34-17-8-16-33(25-34)43(53,42(51)52)32-14-5-2-6-15-32/h1-8,10-21,24-25,38,44,47-48,53H,9,22-23,26-28H2,(H,45,49)(H,51,52). The van der Waals surface area contributed by atoms with E-state index in [-0.39, 0.29) is 47.0 Å². The molecule has 11 nitrogen and oxygen atoms in total. The Morgan fingerprint density at radius 2 is 1.52 bits per heavy atom. The van der Waals surface area contributed by atoms with Crippen molar-refractivity contribution in [3.05, 3.63) is 177 Å². The van der Waals surface area contributed by atoms with Gasteiger partial charge < -0.3 is 40.4 Å². The summed E-state index contributed by atoms with van der Waals surface area (Å²) in [4.78, 5) is 42.4. The Balaban J connectivity index is 1.10. The lowest BCUT2D eigenvalue weighted by molar-refractivity contribution is -0.155. The minimum atomic E-state index is -2.27. The molecule has 1 heterocycles. The number of phenolic OH excluding ortho intramolecular Hbond substituents is 1. The van der Waals surface area contributed by atoms with Crippen molar-refractivity contribution in [1.29, 1.82) is 0 Å². The number of rotatable bonds is 16. The molecule has 2 atom stereocenters. The maximum absolute atomic E-state index is 14.0. The number of fused-ring (bicyclic) bond motifs is 1. The first-order chi connectivity index (χ1) is 26.1. The number of aliphatic hydroxyl groups excluding tert-OH is 1. The summed E-state index contributed by atoms with van der Waals surface area (Å²) in [7, 11) is 0. The van der Waals surface area contributed by atoms with Gasteiger partial charge in [0.25, 0.3) is 5.91 Å². The fraction of sp³-hybridized carbons (Fsp3) is 0.186. The Morgan fingerprint density at radius 1 is 0.815 bits per heavy atom. The second-order valence-electron chi connectivity index (χ2n) is 13.0. The molecule has 1 amide bonds. The molecule has 0 saturated carbocycles. The smallest absolute Gasteiger partial charge is 0.345 e. The lowest BCUT2D eigenvalue weighted by Gasteiger charge is -2.25. The number of amides is 1. The maximum atomic E-state index is 14.0. The van der Waals surface area contributed by atoms with Crippen LogP contribution in [0.2, 0.25) is 0 Å². The number of benzene rings is 5. The number of aromatic nitrogens is 1. The summed E-state index contributed by atoms with van der Waals surface area (Å²) >= 11 is 0. The predicted octanol–water partition coefficient (Wildman–Crippen LogP) is 5.49. The zero-order valence-electron chi connectivity index (χ0n) is 29.4. The van der Waals surface area contributed by atoms with Crippen LogP contribution in [0.4, 0.5) is 0 Å². The Morgan fingerprint density at radius 3 is 2.28 bits per heavy atom. The normalized spacial score (nSPS) is 12.9. The highest BCUT2D eigenvalue weighted by molar-refractivity contribution is 5.94. The van der Waals surface area contributed by atoms with Crippen molar-refractivity contribution >= 4 is 22.8 Å². The molecule has 6 N–H and O–H groups in total. The number of carbonyl (C=O) groups excluding carboxylic acids is 1. The lowest BCUT2D eigenvalue weighted by Crippen LogP contribution is -2.36. The highest BCUT2D eigenvalue weighted by Gasteiger charge is 2.40. The molecule has 1 aromatic heterocycles. The number of aromatic amines is 1. The van der Waals surface area contributed by atoms with E-state index in [4.69, 9.17) is 4.74 Å². The summed E-state index contributed by atoms with van der Waals surface area (Å²) in [6.45, 7) is 1.65. The van der Waals surface area contributed by atoms with Crippen LogP contribution in [0.3, 0.4) is 0 Å². The van der Waals surface area contributed by atoms with Gasteiger partial charge in [-0.25, -0.2) is 4.79 Å². The van der Waals surface area contributed by atoms with Crippen LogP contribution in [0.25, 0.3) is 10.9 Å². The maximum Gasteiger partial charge on any atom is 0.345 e. The molecule has 0 aliphatic heterocycles. The fourth-order valence-corrected chi connectivity index (χ4v) is 6.40. The van der Waals surface area contributed by atoms with E-state index in [9.17, 15) is 34.8 Å². The van der Waals surface area contributed by atoms with Gasteiger partial charge in [-0.2, -0.15) is 0 Å². The molecule has 6 rings (SSSR count). The van der Waals surface area contributed by atoms with Crippen molar-refractivity contribution in [2.24, 2.45) is 0 Å². The second-order valence-corrected chi connectivity index (χ2v) is 13.0. The van der Waals surface area contributed by atoms with Crippen molar-refractivity contribution in [3.8, 4) is 11.5 Å². The number of pyridine rings is 1. The quantitative estimate of drug-likeness (QED) is 0.0706. The first-order valence-corrected chi connectivity index (χ1v) is 17.5. The zero-order valence-corrected chi connectivity index (χ0v) is 29.4. The molecule has 2 unspecified atom stereocenters. The van der Waals surface area contributed by atoms with Crippen molar-refractivity contribution < 1.29 is 34.8 Å². The van der Waals surface area contributed by atoms with E-state index in [2.05, 4.69) is 10.3 Å². The summed E-state index contributed by atoms with van der Waals surface area (Å²) in [6, 6.07) is 37.3. The molecule has 6 aromatic rings. The molecule has 5 aromatic carbocycles. The number of ether oxygens (including phenoxy) is 1. The molecule has 54 heavy (non-hydrogen) atoms. The molecule has 0 bridgehead atoms. The number of carboxylic acids is 1. The van der Waals surface area contributed by atoms with Crippen LogP contribution in [-0.2, 0) is 23.5 Å². The number of aromatic hydroxyl groups is 1. The summed E-state index contributed by atoms with van der Waals surface area (Å²) in [5.41, 5.74) is 0.762. The minimum absolute atomic E-state index is 0.0756. The van der Waals surface area contributed by atoms with E-state index in [1.54, 1.807) is 77.7 Å². The number of hydrogen-bond acceptors (Lipinski definition) is 8. The average Bonchev–Trinajstić information content (AvgIpc) is 3.20. The van der Waals surface area contributed by atoms with Gasteiger partial charge in [-0.3, -0.25) is 9.59 Å². The van der Waals surface area contributed by atoms with Crippen LogP contribution < -0.4 is 15.6 Å². The monoisotopic (exact) mass is 727 g/mol. The molecular formula is C43H41N3O8. The molecule has 0 radical (unpaired) electrons. The third kappa shape index (κ3) is 8.67. The Hall–Kier alpha value is -6.27. The van der Waals surface area contributed by atoms with Gasteiger partial charge in [-0.1, -0.05) is 91.0 Å². The highest BCUT2D eigenvalue weighted by atomic mass is 16.5. The summed E-state index contributed by atoms with van der Waals surface area (Å²) < 4.78 is 6.03. The summed E-state index contributed by atoms with van der Waals surface area (Å²) in [6.07, 6.45) is -0.305. The average molecular weight is 728 g/mol. The first-order valence-electron chi connectivity index (χ1n) is 17.5. The molecule has 0 aliphatic rings. The largest absolute Gasteiger partial charge is 0.506 e. The van der Waals surface area contributed by atoms with Crippen LogP contribution in [0.15, 0.2) is 138 Å². The van der Waals surface area contributed by atoms with Gasteiger partial charge in [0, 0.05) is 42.2 Å². The van der Waals surface area contributed by atoms with Crippen molar-refractivity contribution in [2.45, 2.75) is 31.3 Å². The minimum Gasteiger partial charge on any atom is -0.506 e. The van der Waals surface area contributed by atoms with Gasteiger partial charge in [-0.15, -0.1) is 0 Å². The third-order valence-electron chi connectivity index (χ3n) is 9.22. The van der Waals surface area contributed by atoms with E-state index in [0.29, 0.717) is 48.3 Å². The Labute approximate surface area is 311 Å². The fourth-order valence-electron chi connectivity index (χ4n) is 6.40. The van der Waals surface area contributed by atoms with Crippen LogP contribution in [-0.4, -0.2) is 61.8 Å². The highest BCUT2D eigenvalue weighted by Crippen LogP contribution is 2.32. The van der Waals surface area contributed by atoms with E-state index >= 15 is 0 Å². The number of aliphatic carboxylic acids is 1. The molecule has 276 valence electrons. The van der Waals surface area contributed by atoms with Gasteiger partial charge in [0.1, 0.15) is 18.1 Å². The third-order valence-corrected chi connectivity index (χ3v) is 9.22. The molecule has 0 saturated heterocycles.